The quantitative estimate of drug-likeness (QED) is 0.760. The standard InChI is InChI=1S/C21H25FN2O5/c1-29-19(26)10-9-18(25)23(13-6-7-13)20-14-3-2-4-16(14)24(21(27)28)17-11-12(22)5-8-15(17)20/h5,8,11,13-14,16,20H,2-4,6-7,9-10H2,1H3,(H,27,28). The van der Waals surface area contributed by atoms with Gasteiger partial charge in [-0.2, -0.15) is 0 Å². The van der Waals surface area contributed by atoms with Crippen molar-refractivity contribution in [2.24, 2.45) is 5.92 Å². The van der Waals surface area contributed by atoms with Crippen molar-refractivity contribution in [3.05, 3.63) is 29.6 Å². The van der Waals surface area contributed by atoms with E-state index in [2.05, 4.69) is 4.74 Å². The molecular weight excluding hydrogens is 379 g/mol. The maximum atomic E-state index is 14.0. The van der Waals surface area contributed by atoms with E-state index in [1.54, 1.807) is 6.07 Å². The Morgan fingerprint density at radius 1 is 1.21 bits per heavy atom. The fraction of sp³-hybridized carbons (Fsp3) is 0.571. The smallest absolute Gasteiger partial charge is 0.412 e. The number of benzene rings is 1. The lowest BCUT2D eigenvalue weighted by Gasteiger charge is -2.46. The van der Waals surface area contributed by atoms with Crippen molar-refractivity contribution in [1.82, 2.24) is 4.90 Å². The van der Waals surface area contributed by atoms with Gasteiger partial charge < -0.3 is 14.7 Å². The third kappa shape index (κ3) is 3.56. The third-order valence-corrected chi connectivity index (χ3v) is 6.34. The van der Waals surface area contributed by atoms with Gasteiger partial charge >= 0.3 is 12.1 Å². The molecule has 0 aromatic heterocycles. The van der Waals surface area contributed by atoms with Crippen molar-refractivity contribution in [1.29, 1.82) is 0 Å². The Hall–Kier alpha value is -2.64. The zero-order valence-corrected chi connectivity index (χ0v) is 16.3. The number of rotatable bonds is 5. The predicted octanol–water partition coefficient (Wildman–Crippen LogP) is 3.48. The van der Waals surface area contributed by atoms with Gasteiger partial charge in [-0.05, 0) is 43.4 Å². The Bertz CT molecular complexity index is 840. The molecule has 8 heteroatoms. The van der Waals surface area contributed by atoms with E-state index in [4.69, 9.17) is 0 Å². The number of amides is 2. The summed E-state index contributed by atoms with van der Waals surface area (Å²) < 4.78 is 18.7. The Kier molecular flexibility index (Phi) is 5.19. The first kappa shape index (κ1) is 19.7. The minimum Gasteiger partial charge on any atom is -0.469 e. The summed E-state index contributed by atoms with van der Waals surface area (Å²) in [6.45, 7) is 0. The fourth-order valence-corrected chi connectivity index (χ4v) is 5.02. The molecule has 2 amide bonds. The van der Waals surface area contributed by atoms with Gasteiger partial charge in [0.2, 0.25) is 5.91 Å². The molecule has 0 spiro atoms. The van der Waals surface area contributed by atoms with Crippen LogP contribution in [0, 0.1) is 11.7 Å². The highest BCUT2D eigenvalue weighted by Gasteiger charge is 2.51. The fourth-order valence-electron chi connectivity index (χ4n) is 5.02. The first-order chi connectivity index (χ1) is 13.9. The first-order valence-corrected chi connectivity index (χ1v) is 10.1. The van der Waals surface area contributed by atoms with Crippen LogP contribution in [0.5, 0.6) is 0 Å². The van der Waals surface area contributed by atoms with Gasteiger partial charge in [0.25, 0.3) is 0 Å². The van der Waals surface area contributed by atoms with Gasteiger partial charge in [0, 0.05) is 24.4 Å². The van der Waals surface area contributed by atoms with Gasteiger partial charge in [-0.15, -0.1) is 0 Å². The number of hydrogen-bond donors (Lipinski definition) is 1. The summed E-state index contributed by atoms with van der Waals surface area (Å²) in [5.74, 6) is -1.10. The van der Waals surface area contributed by atoms with Gasteiger partial charge in [0.05, 0.1) is 25.3 Å². The number of hydrogen-bond acceptors (Lipinski definition) is 4. The first-order valence-electron chi connectivity index (χ1n) is 10.1. The molecule has 0 saturated heterocycles. The van der Waals surface area contributed by atoms with Gasteiger partial charge in [-0.1, -0.05) is 12.5 Å². The number of nitrogens with zero attached hydrogens (tertiary/aromatic N) is 2. The van der Waals surface area contributed by atoms with E-state index in [-0.39, 0.29) is 42.8 Å². The molecule has 1 aliphatic heterocycles. The summed E-state index contributed by atoms with van der Waals surface area (Å²) in [6, 6.07) is 3.71. The molecule has 1 aromatic rings. The minimum atomic E-state index is -1.10. The highest BCUT2D eigenvalue weighted by molar-refractivity contribution is 5.90. The SMILES string of the molecule is COC(=O)CCC(=O)N(C1CC1)C1c2ccc(F)cc2N(C(=O)O)C2CCCC21. The maximum absolute atomic E-state index is 14.0. The second-order valence-electron chi connectivity index (χ2n) is 8.07. The van der Waals surface area contributed by atoms with Crippen LogP contribution in [0.15, 0.2) is 18.2 Å². The van der Waals surface area contributed by atoms with Gasteiger partial charge in [0.1, 0.15) is 5.82 Å². The van der Waals surface area contributed by atoms with Gasteiger partial charge in [0.15, 0.2) is 0 Å². The van der Waals surface area contributed by atoms with E-state index in [1.165, 1.54) is 24.1 Å². The van der Waals surface area contributed by atoms with Gasteiger partial charge in [-0.3, -0.25) is 14.5 Å². The number of esters is 1. The van der Waals surface area contributed by atoms with E-state index in [9.17, 15) is 23.9 Å². The zero-order valence-electron chi connectivity index (χ0n) is 16.3. The molecule has 0 radical (unpaired) electrons. The molecule has 3 atom stereocenters. The molecule has 1 aromatic carbocycles. The molecule has 2 saturated carbocycles. The third-order valence-electron chi connectivity index (χ3n) is 6.34. The molecule has 29 heavy (non-hydrogen) atoms. The molecule has 3 unspecified atom stereocenters. The summed E-state index contributed by atoms with van der Waals surface area (Å²) in [4.78, 5) is 39.8. The van der Waals surface area contributed by atoms with Crippen LogP contribution >= 0.6 is 0 Å². The Morgan fingerprint density at radius 3 is 2.62 bits per heavy atom. The lowest BCUT2D eigenvalue weighted by Crippen LogP contribution is -2.52. The molecule has 0 bridgehead atoms. The van der Waals surface area contributed by atoms with Gasteiger partial charge in [-0.25, -0.2) is 9.18 Å². The lowest BCUT2D eigenvalue weighted by molar-refractivity contribution is -0.145. The molecule has 7 nitrogen and oxygen atoms in total. The molecule has 1 N–H and O–H groups in total. The molecule has 1 heterocycles. The number of carbonyl (C=O) groups excluding carboxylic acids is 2. The van der Waals surface area contributed by atoms with Crippen molar-refractivity contribution in [3.63, 3.8) is 0 Å². The number of carbonyl (C=O) groups is 3. The molecular formula is C21H25FN2O5. The lowest BCUT2D eigenvalue weighted by atomic mass is 9.81. The van der Waals surface area contributed by atoms with Crippen molar-refractivity contribution < 1.29 is 28.6 Å². The normalized spacial score (nSPS) is 25.2. The Balaban J connectivity index is 1.74. The predicted molar refractivity (Wildman–Crippen MR) is 102 cm³/mol. The number of fused-ring (bicyclic) bond motifs is 2. The summed E-state index contributed by atoms with van der Waals surface area (Å²) in [5, 5.41) is 9.82. The topological polar surface area (TPSA) is 87.2 Å². The molecule has 156 valence electrons. The number of ether oxygens (including phenoxy) is 1. The summed E-state index contributed by atoms with van der Waals surface area (Å²) in [6.07, 6.45) is 3.10. The highest BCUT2D eigenvalue weighted by Crippen LogP contribution is 2.52. The molecule has 4 rings (SSSR count). The van der Waals surface area contributed by atoms with Crippen LogP contribution in [0.2, 0.25) is 0 Å². The zero-order chi connectivity index (χ0) is 20.7. The molecule has 2 aliphatic carbocycles. The van der Waals surface area contributed by atoms with Crippen molar-refractivity contribution >= 4 is 23.7 Å². The maximum Gasteiger partial charge on any atom is 0.412 e. The second kappa shape index (κ2) is 7.65. The van der Waals surface area contributed by atoms with E-state index in [0.717, 1.165) is 25.7 Å². The van der Waals surface area contributed by atoms with Crippen LogP contribution in [-0.2, 0) is 14.3 Å². The van der Waals surface area contributed by atoms with E-state index >= 15 is 0 Å². The largest absolute Gasteiger partial charge is 0.469 e. The van der Waals surface area contributed by atoms with Crippen molar-refractivity contribution in [3.8, 4) is 0 Å². The summed E-state index contributed by atoms with van der Waals surface area (Å²) in [5.41, 5.74) is 1.01. The van der Waals surface area contributed by atoms with Crippen molar-refractivity contribution in [2.75, 3.05) is 12.0 Å². The average molecular weight is 404 g/mol. The van der Waals surface area contributed by atoms with E-state index in [1.807, 2.05) is 4.90 Å². The van der Waals surface area contributed by atoms with Crippen LogP contribution in [0.3, 0.4) is 0 Å². The monoisotopic (exact) mass is 404 g/mol. The van der Waals surface area contributed by atoms with Crippen LogP contribution in [-0.4, -0.2) is 47.2 Å². The molecule has 3 aliphatic rings. The summed E-state index contributed by atoms with van der Waals surface area (Å²) >= 11 is 0. The summed E-state index contributed by atoms with van der Waals surface area (Å²) in [7, 11) is 1.29. The van der Waals surface area contributed by atoms with Crippen LogP contribution < -0.4 is 4.90 Å². The number of methoxy groups -OCH3 is 1. The van der Waals surface area contributed by atoms with Crippen LogP contribution in [0.25, 0.3) is 0 Å². The van der Waals surface area contributed by atoms with E-state index in [0.29, 0.717) is 17.7 Å². The molecule has 2 fully saturated rings. The number of anilines is 1. The number of halogens is 1. The van der Waals surface area contributed by atoms with Crippen LogP contribution in [0.4, 0.5) is 14.9 Å². The average Bonchev–Trinajstić information content (AvgIpc) is 3.41. The minimum absolute atomic E-state index is 0.0108. The number of carboxylic acid groups (broad SMARTS) is 1. The van der Waals surface area contributed by atoms with Crippen molar-refractivity contribution in [2.45, 2.75) is 63.1 Å². The van der Waals surface area contributed by atoms with Crippen LogP contribution in [0.1, 0.15) is 56.6 Å². The highest BCUT2D eigenvalue weighted by atomic mass is 19.1. The Labute approximate surface area is 168 Å². The Morgan fingerprint density at radius 2 is 1.97 bits per heavy atom. The van der Waals surface area contributed by atoms with E-state index < -0.39 is 17.9 Å². The second-order valence-corrected chi connectivity index (χ2v) is 8.07.